The lowest BCUT2D eigenvalue weighted by molar-refractivity contribution is -0.139. The van der Waals surface area contributed by atoms with E-state index in [0.717, 1.165) is 25.5 Å². The van der Waals surface area contributed by atoms with Crippen LogP contribution in [-0.2, 0) is 14.8 Å². The molecule has 1 aromatic rings. The maximum absolute atomic E-state index is 13.8. The number of aliphatic carboxylic acids is 1. The van der Waals surface area contributed by atoms with Gasteiger partial charge in [-0.05, 0) is 49.8 Å². The first-order valence-electron chi connectivity index (χ1n) is 8.60. The van der Waals surface area contributed by atoms with Gasteiger partial charge in [-0.25, -0.2) is 17.5 Å². The number of nitrogens with zero attached hydrogens (tertiary/aromatic N) is 1. The van der Waals surface area contributed by atoms with E-state index in [2.05, 4.69) is 4.72 Å². The van der Waals surface area contributed by atoms with Gasteiger partial charge in [-0.1, -0.05) is 0 Å². The van der Waals surface area contributed by atoms with E-state index in [0.29, 0.717) is 18.8 Å². The second-order valence-electron chi connectivity index (χ2n) is 7.01. The van der Waals surface area contributed by atoms with Gasteiger partial charge in [-0.2, -0.15) is 0 Å². The summed E-state index contributed by atoms with van der Waals surface area (Å²) in [5, 5.41) is 9.06. The molecule has 2 fully saturated rings. The van der Waals surface area contributed by atoms with Gasteiger partial charge in [0.2, 0.25) is 10.0 Å². The molecule has 7 nitrogen and oxygen atoms in total. The van der Waals surface area contributed by atoms with E-state index in [1.54, 1.807) is 0 Å². The van der Waals surface area contributed by atoms with Crippen molar-refractivity contribution < 1.29 is 27.4 Å². The first kappa shape index (κ1) is 19.1. The fourth-order valence-electron chi connectivity index (χ4n) is 3.23. The van der Waals surface area contributed by atoms with Gasteiger partial charge in [0, 0.05) is 18.6 Å². The lowest BCUT2D eigenvalue weighted by Gasteiger charge is -2.42. The average molecular weight is 386 g/mol. The number of carbonyl (C=O) groups is 1. The molecule has 2 aliphatic carbocycles. The average Bonchev–Trinajstić information content (AvgIpc) is 3.33. The smallest absolute Gasteiger partial charge is 0.317 e. The van der Waals surface area contributed by atoms with Gasteiger partial charge in [-0.15, -0.1) is 0 Å². The predicted molar refractivity (Wildman–Crippen MR) is 92.0 cm³/mol. The molecular weight excluding hydrogens is 363 g/mol. The third kappa shape index (κ3) is 4.52. The molecule has 2 aliphatic rings. The maximum atomic E-state index is 13.8. The molecule has 2 saturated carbocycles. The standard InChI is InChI=1S/C17H23FN2O5S/c1-25-16-5-4-14(8-15(16)18)26(23,24)19-12-6-13(7-12)20(10-17(21)22)9-11-2-3-11/h4-5,8,11-13,19H,2-3,6-7,9-10H2,1H3,(H,21,22). The summed E-state index contributed by atoms with van der Waals surface area (Å²) >= 11 is 0. The minimum Gasteiger partial charge on any atom is -0.494 e. The Hall–Kier alpha value is -1.71. The molecule has 0 aromatic heterocycles. The van der Waals surface area contributed by atoms with Crippen LogP contribution < -0.4 is 9.46 Å². The van der Waals surface area contributed by atoms with Crippen molar-refractivity contribution in [3.8, 4) is 5.75 Å². The van der Waals surface area contributed by atoms with Crippen LogP contribution in [0.2, 0.25) is 0 Å². The molecule has 9 heteroatoms. The molecule has 0 bridgehead atoms. The molecule has 0 atom stereocenters. The monoisotopic (exact) mass is 386 g/mol. The molecule has 0 saturated heterocycles. The highest BCUT2D eigenvalue weighted by molar-refractivity contribution is 7.89. The first-order chi connectivity index (χ1) is 12.3. The summed E-state index contributed by atoms with van der Waals surface area (Å²) in [5.41, 5.74) is 0. The Morgan fingerprint density at radius 1 is 1.38 bits per heavy atom. The summed E-state index contributed by atoms with van der Waals surface area (Å²) in [6.45, 7) is 0.727. The number of ether oxygens (including phenoxy) is 1. The number of hydrogen-bond donors (Lipinski definition) is 2. The van der Waals surface area contributed by atoms with Crippen molar-refractivity contribution in [2.24, 2.45) is 5.92 Å². The highest BCUT2D eigenvalue weighted by Gasteiger charge is 2.39. The van der Waals surface area contributed by atoms with Gasteiger partial charge >= 0.3 is 5.97 Å². The lowest BCUT2D eigenvalue weighted by atomic mass is 9.86. The largest absolute Gasteiger partial charge is 0.494 e. The Balaban J connectivity index is 1.58. The minimum atomic E-state index is -3.83. The second kappa shape index (κ2) is 7.50. The van der Waals surface area contributed by atoms with Gasteiger partial charge in [-0.3, -0.25) is 9.69 Å². The van der Waals surface area contributed by atoms with Crippen molar-refractivity contribution in [1.82, 2.24) is 9.62 Å². The minimum absolute atomic E-state index is 0.0166. The molecule has 26 heavy (non-hydrogen) atoms. The van der Waals surface area contributed by atoms with Crippen LogP contribution in [0.3, 0.4) is 0 Å². The zero-order valence-electron chi connectivity index (χ0n) is 14.5. The number of methoxy groups -OCH3 is 1. The van der Waals surface area contributed by atoms with E-state index in [-0.39, 0.29) is 29.3 Å². The van der Waals surface area contributed by atoms with Crippen molar-refractivity contribution in [2.45, 2.75) is 42.7 Å². The van der Waals surface area contributed by atoms with Crippen LogP contribution in [0, 0.1) is 11.7 Å². The SMILES string of the molecule is COc1ccc(S(=O)(=O)NC2CC(N(CC(=O)O)CC3CC3)C2)cc1F. The van der Waals surface area contributed by atoms with E-state index >= 15 is 0 Å². The number of hydrogen-bond acceptors (Lipinski definition) is 5. The number of carboxylic acid groups (broad SMARTS) is 1. The molecule has 2 N–H and O–H groups in total. The molecule has 1 aromatic carbocycles. The predicted octanol–water partition coefficient (Wildman–Crippen LogP) is 1.44. The molecule has 0 amide bonds. The number of rotatable bonds is 9. The highest BCUT2D eigenvalue weighted by atomic mass is 32.2. The summed E-state index contributed by atoms with van der Waals surface area (Å²) in [6, 6.07) is 3.29. The third-order valence-electron chi connectivity index (χ3n) is 4.91. The third-order valence-corrected chi connectivity index (χ3v) is 6.43. The van der Waals surface area contributed by atoms with Crippen molar-refractivity contribution in [1.29, 1.82) is 0 Å². The van der Waals surface area contributed by atoms with E-state index in [9.17, 15) is 17.6 Å². The molecular formula is C17H23FN2O5S. The molecule has 0 radical (unpaired) electrons. The molecule has 0 spiro atoms. The van der Waals surface area contributed by atoms with E-state index < -0.39 is 21.8 Å². The zero-order chi connectivity index (χ0) is 18.9. The molecule has 0 unspecified atom stereocenters. The van der Waals surface area contributed by atoms with Gasteiger partial charge in [0.1, 0.15) is 0 Å². The molecule has 0 heterocycles. The van der Waals surface area contributed by atoms with Crippen LogP contribution >= 0.6 is 0 Å². The summed E-state index contributed by atoms with van der Waals surface area (Å²) in [7, 11) is -2.52. The summed E-state index contributed by atoms with van der Waals surface area (Å²) < 4.78 is 45.9. The Labute approximate surface area is 152 Å². The fourth-order valence-corrected chi connectivity index (χ4v) is 4.51. The van der Waals surface area contributed by atoms with Gasteiger partial charge in [0.15, 0.2) is 11.6 Å². The number of sulfonamides is 1. The summed E-state index contributed by atoms with van der Waals surface area (Å²) in [4.78, 5) is 12.8. The quantitative estimate of drug-likeness (QED) is 0.667. The maximum Gasteiger partial charge on any atom is 0.317 e. The van der Waals surface area contributed by atoms with Crippen LogP contribution in [0.15, 0.2) is 23.1 Å². The Morgan fingerprint density at radius 3 is 2.62 bits per heavy atom. The fraction of sp³-hybridized carbons (Fsp3) is 0.588. The number of nitrogens with one attached hydrogen (secondary N) is 1. The van der Waals surface area contributed by atoms with Crippen molar-refractivity contribution in [3.63, 3.8) is 0 Å². The Kier molecular flexibility index (Phi) is 5.50. The molecule has 0 aliphatic heterocycles. The van der Waals surface area contributed by atoms with E-state index in [4.69, 9.17) is 9.84 Å². The lowest BCUT2D eigenvalue weighted by Crippen LogP contribution is -2.55. The summed E-state index contributed by atoms with van der Waals surface area (Å²) in [5.74, 6) is -1.06. The van der Waals surface area contributed by atoms with E-state index in [1.807, 2.05) is 4.90 Å². The number of halogens is 1. The van der Waals surface area contributed by atoms with Gasteiger partial charge < -0.3 is 9.84 Å². The van der Waals surface area contributed by atoms with Crippen LogP contribution in [0.1, 0.15) is 25.7 Å². The van der Waals surface area contributed by atoms with Crippen molar-refractivity contribution in [2.75, 3.05) is 20.2 Å². The highest BCUT2D eigenvalue weighted by Crippen LogP contribution is 2.34. The second-order valence-corrected chi connectivity index (χ2v) is 8.72. The van der Waals surface area contributed by atoms with Crippen LogP contribution in [0.25, 0.3) is 0 Å². The van der Waals surface area contributed by atoms with Crippen molar-refractivity contribution >= 4 is 16.0 Å². The normalized spacial score (nSPS) is 22.9. The van der Waals surface area contributed by atoms with E-state index in [1.165, 1.54) is 19.2 Å². The Bertz CT molecular complexity index is 775. The van der Waals surface area contributed by atoms with Gasteiger partial charge in [0.05, 0.1) is 18.6 Å². The summed E-state index contributed by atoms with van der Waals surface area (Å²) in [6.07, 6.45) is 3.36. The first-order valence-corrected chi connectivity index (χ1v) is 10.1. The van der Waals surface area contributed by atoms with Crippen LogP contribution in [0.5, 0.6) is 5.75 Å². The Morgan fingerprint density at radius 2 is 2.08 bits per heavy atom. The number of benzene rings is 1. The zero-order valence-corrected chi connectivity index (χ0v) is 15.3. The van der Waals surface area contributed by atoms with Crippen molar-refractivity contribution in [3.05, 3.63) is 24.0 Å². The molecule has 3 rings (SSSR count). The topological polar surface area (TPSA) is 95.9 Å². The van der Waals surface area contributed by atoms with Gasteiger partial charge in [0.25, 0.3) is 0 Å². The van der Waals surface area contributed by atoms with Crippen LogP contribution in [-0.4, -0.2) is 56.7 Å². The molecule has 144 valence electrons. The number of carboxylic acids is 1. The van der Waals surface area contributed by atoms with Crippen LogP contribution in [0.4, 0.5) is 4.39 Å².